The summed E-state index contributed by atoms with van der Waals surface area (Å²) in [4.78, 5) is 11.2. The summed E-state index contributed by atoms with van der Waals surface area (Å²) >= 11 is 0. The SMILES string of the molecule is CC(C)c1cc(CN[C@@H]2CCNC(=O)CC2)no1. The lowest BCUT2D eigenvalue weighted by Gasteiger charge is -2.13. The van der Waals surface area contributed by atoms with Gasteiger partial charge in [-0.15, -0.1) is 0 Å². The van der Waals surface area contributed by atoms with Crippen LogP contribution in [0.3, 0.4) is 0 Å². The zero-order valence-corrected chi connectivity index (χ0v) is 11.0. The van der Waals surface area contributed by atoms with Crippen molar-refractivity contribution in [1.29, 1.82) is 0 Å². The van der Waals surface area contributed by atoms with Crippen LogP contribution in [0.2, 0.25) is 0 Å². The second-order valence-electron chi connectivity index (χ2n) is 5.13. The highest BCUT2D eigenvalue weighted by atomic mass is 16.5. The van der Waals surface area contributed by atoms with E-state index in [0.717, 1.165) is 30.8 Å². The number of hydrogen-bond donors (Lipinski definition) is 2. The largest absolute Gasteiger partial charge is 0.361 e. The number of carbonyl (C=O) groups is 1. The average Bonchev–Trinajstić information content (AvgIpc) is 2.72. The summed E-state index contributed by atoms with van der Waals surface area (Å²) in [5, 5.41) is 10.4. The Hall–Kier alpha value is -1.36. The van der Waals surface area contributed by atoms with Gasteiger partial charge in [0.15, 0.2) is 0 Å². The van der Waals surface area contributed by atoms with Gasteiger partial charge in [0.1, 0.15) is 5.76 Å². The molecule has 1 saturated heterocycles. The predicted octanol–water partition coefficient (Wildman–Crippen LogP) is 1.56. The van der Waals surface area contributed by atoms with E-state index in [1.165, 1.54) is 0 Å². The van der Waals surface area contributed by atoms with Crippen molar-refractivity contribution in [3.63, 3.8) is 0 Å². The van der Waals surface area contributed by atoms with Crippen LogP contribution in [0.5, 0.6) is 0 Å². The lowest BCUT2D eigenvalue weighted by atomic mass is 10.1. The highest BCUT2D eigenvalue weighted by Crippen LogP contribution is 2.15. The number of amides is 1. The van der Waals surface area contributed by atoms with Crippen molar-refractivity contribution in [3.8, 4) is 0 Å². The van der Waals surface area contributed by atoms with Gasteiger partial charge >= 0.3 is 0 Å². The van der Waals surface area contributed by atoms with E-state index in [1.807, 2.05) is 6.07 Å². The van der Waals surface area contributed by atoms with Gasteiger partial charge in [-0.2, -0.15) is 0 Å². The highest BCUT2D eigenvalue weighted by molar-refractivity contribution is 5.76. The van der Waals surface area contributed by atoms with Crippen LogP contribution in [0.4, 0.5) is 0 Å². The molecule has 0 saturated carbocycles. The normalized spacial score (nSPS) is 20.8. The maximum absolute atomic E-state index is 11.2. The Morgan fingerprint density at radius 2 is 2.39 bits per heavy atom. The third kappa shape index (κ3) is 3.57. The lowest BCUT2D eigenvalue weighted by Crippen LogP contribution is -2.29. The molecule has 1 aromatic heterocycles. The number of hydrogen-bond acceptors (Lipinski definition) is 4. The third-order valence-electron chi connectivity index (χ3n) is 3.25. The topological polar surface area (TPSA) is 67.2 Å². The molecule has 1 aromatic rings. The van der Waals surface area contributed by atoms with E-state index in [0.29, 0.717) is 24.9 Å². The second kappa shape index (κ2) is 6.00. The minimum Gasteiger partial charge on any atom is -0.361 e. The molecule has 1 aliphatic heterocycles. The molecule has 0 unspecified atom stereocenters. The summed E-state index contributed by atoms with van der Waals surface area (Å²) < 4.78 is 5.25. The summed E-state index contributed by atoms with van der Waals surface area (Å²) in [6, 6.07) is 2.38. The molecule has 5 heteroatoms. The van der Waals surface area contributed by atoms with Gasteiger partial charge in [0.05, 0.1) is 5.69 Å². The summed E-state index contributed by atoms with van der Waals surface area (Å²) in [7, 11) is 0. The monoisotopic (exact) mass is 251 g/mol. The van der Waals surface area contributed by atoms with E-state index in [2.05, 4.69) is 29.6 Å². The number of nitrogens with zero attached hydrogens (tertiary/aromatic N) is 1. The summed E-state index contributed by atoms with van der Waals surface area (Å²) in [5.74, 6) is 1.44. The molecule has 2 heterocycles. The first-order valence-electron chi connectivity index (χ1n) is 6.60. The fraction of sp³-hybridized carbons (Fsp3) is 0.692. The smallest absolute Gasteiger partial charge is 0.220 e. The van der Waals surface area contributed by atoms with Crippen LogP contribution in [0.1, 0.15) is 50.5 Å². The van der Waals surface area contributed by atoms with Gasteiger partial charge in [0, 0.05) is 37.5 Å². The first-order chi connectivity index (χ1) is 8.65. The fourth-order valence-electron chi connectivity index (χ4n) is 2.06. The minimum absolute atomic E-state index is 0.155. The van der Waals surface area contributed by atoms with Gasteiger partial charge in [0.25, 0.3) is 0 Å². The Labute approximate surface area is 107 Å². The molecule has 0 radical (unpaired) electrons. The molecule has 18 heavy (non-hydrogen) atoms. The van der Waals surface area contributed by atoms with Crippen LogP contribution in [-0.2, 0) is 11.3 Å². The van der Waals surface area contributed by atoms with Crippen LogP contribution in [-0.4, -0.2) is 23.7 Å². The molecule has 2 N–H and O–H groups in total. The molecule has 1 atom stereocenters. The Balaban J connectivity index is 1.81. The van der Waals surface area contributed by atoms with Gasteiger partial charge in [-0.25, -0.2) is 0 Å². The maximum atomic E-state index is 11.2. The summed E-state index contributed by atoms with van der Waals surface area (Å²) in [5.41, 5.74) is 0.933. The maximum Gasteiger partial charge on any atom is 0.220 e. The number of rotatable bonds is 4. The first kappa shape index (κ1) is 13.1. The lowest BCUT2D eigenvalue weighted by molar-refractivity contribution is -0.120. The molecule has 100 valence electrons. The number of nitrogens with one attached hydrogen (secondary N) is 2. The Morgan fingerprint density at radius 1 is 1.56 bits per heavy atom. The highest BCUT2D eigenvalue weighted by Gasteiger charge is 2.16. The van der Waals surface area contributed by atoms with E-state index in [-0.39, 0.29) is 5.91 Å². The Kier molecular flexibility index (Phi) is 4.36. The molecule has 1 aliphatic rings. The summed E-state index contributed by atoms with van der Waals surface area (Å²) in [6.07, 6.45) is 2.47. The van der Waals surface area contributed by atoms with Gasteiger partial charge in [-0.05, 0) is 12.8 Å². The van der Waals surface area contributed by atoms with Crippen molar-refractivity contribution in [2.45, 2.75) is 51.6 Å². The summed E-state index contributed by atoms with van der Waals surface area (Å²) in [6.45, 7) is 5.63. The molecule has 0 bridgehead atoms. The van der Waals surface area contributed by atoms with E-state index in [4.69, 9.17) is 4.52 Å². The number of carbonyl (C=O) groups excluding carboxylic acids is 1. The Bertz CT molecular complexity index is 401. The standard InChI is InChI=1S/C13H21N3O2/c1-9(2)12-7-11(16-18-12)8-15-10-3-4-13(17)14-6-5-10/h7,9-10,15H,3-6,8H2,1-2H3,(H,14,17)/t10-/m0/s1. The van der Waals surface area contributed by atoms with E-state index >= 15 is 0 Å². The van der Waals surface area contributed by atoms with Crippen LogP contribution in [0, 0.1) is 0 Å². The van der Waals surface area contributed by atoms with Crippen LogP contribution < -0.4 is 10.6 Å². The molecule has 0 aromatic carbocycles. The van der Waals surface area contributed by atoms with Crippen molar-refractivity contribution >= 4 is 5.91 Å². The molecule has 1 amide bonds. The van der Waals surface area contributed by atoms with Gasteiger partial charge in [0.2, 0.25) is 5.91 Å². The van der Waals surface area contributed by atoms with Gasteiger partial charge < -0.3 is 15.2 Å². The van der Waals surface area contributed by atoms with Crippen molar-refractivity contribution < 1.29 is 9.32 Å². The van der Waals surface area contributed by atoms with E-state index in [9.17, 15) is 4.79 Å². The van der Waals surface area contributed by atoms with E-state index < -0.39 is 0 Å². The molecular weight excluding hydrogens is 230 g/mol. The van der Waals surface area contributed by atoms with Crippen molar-refractivity contribution in [3.05, 3.63) is 17.5 Å². The predicted molar refractivity (Wildman–Crippen MR) is 68.1 cm³/mol. The molecule has 0 spiro atoms. The van der Waals surface area contributed by atoms with Crippen molar-refractivity contribution in [2.24, 2.45) is 0 Å². The quantitative estimate of drug-likeness (QED) is 0.852. The third-order valence-corrected chi connectivity index (χ3v) is 3.25. The average molecular weight is 251 g/mol. The molecule has 2 rings (SSSR count). The molecular formula is C13H21N3O2. The first-order valence-corrected chi connectivity index (χ1v) is 6.60. The van der Waals surface area contributed by atoms with Gasteiger partial charge in [-0.3, -0.25) is 4.79 Å². The second-order valence-corrected chi connectivity index (χ2v) is 5.13. The van der Waals surface area contributed by atoms with Gasteiger partial charge in [-0.1, -0.05) is 19.0 Å². The van der Waals surface area contributed by atoms with Crippen LogP contribution in [0.25, 0.3) is 0 Å². The molecule has 5 nitrogen and oxygen atoms in total. The number of aromatic nitrogens is 1. The van der Waals surface area contributed by atoms with Crippen molar-refractivity contribution in [2.75, 3.05) is 6.54 Å². The van der Waals surface area contributed by atoms with E-state index in [1.54, 1.807) is 0 Å². The fourth-order valence-corrected chi connectivity index (χ4v) is 2.06. The Morgan fingerprint density at radius 3 is 3.11 bits per heavy atom. The van der Waals surface area contributed by atoms with Crippen LogP contribution in [0.15, 0.2) is 10.6 Å². The minimum atomic E-state index is 0.155. The van der Waals surface area contributed by atoms with Crippen LogP contribution >= 0.6 is 0 Å². The molecule has 1 fully saturated rings. The van der Waals surface area contributed by atoms with Crippen molar-refractivity contribution in [1.82, 2.24) is 15.8 Å². The zero-order chi connectivity index (χ0) is 13.0. The zero-order valence-electron chi connectivity index (χ0n) is 11.0. The molecule has 0 aliphatic carbocycles.